The Morgan fingerprint density at radius 2 is 2.05 bits per heavy atom. The van der Waals surface area contributed by atoms with Crippen molar-refractivity contribution in [3.8, 4) is 0 Å². The van der Waals surface area contributed by atoms with E-state index in [1.165, 1.54) is 12.5 Å². The molecule has 1 aliphatic rings. The van der Waals surface area contributed by atoms with Gasteiger partial charge in [0.1, 0.15) is 5.82 Å². The molecule has 1 fully saturated rings. The molecular formula is C15H18ClFN2S. The number of nitrogens with one attached hydrogen (secondary N) is 1. The molecule has 3 unspecified atom stereocenters. The second kappa shape index (κ2) is 5.15. The molecule has 0 bridgehead atoms. The van der Waals surface area contributed by atoms with E-state index in [-0.39, 0.29) is 5.02 Å². The number of imidazole rings is 1. The number of rotatable bonds is 1. The van der Waals surface area contributed by atoms with Crippen LogP contribution in [0.4, 0.5) is 4.39 Å². The Labute approximate surface area is 127 Å². The molecule has 1 N–H and O–H groups in total. The monoisotopic (exact) mass is 312 g/mol. The third-order valence-electron chi connectivity index (χ3n) is 4.69. The van der Waals surface area contributed by atoms with Gasteiger partial charge in [-0.05, 0) is 49.4 Å². The highest BCUT2D eigenvalue weighted by Gasteiger charge is 2.27. The van der Waals surface area contributed by atoms with Crippen LogP contribution in [0.3, 0.4) is 0 Å². The summed E-state index contributed by atoms with van der Waals surface area (Å²) in [5, 5.41) is 0.150. The molecule has 0 radical (unpaired) electrons. The van der Waals surface area contributed by atoms with Crippen molar-refractivity contribution in [3.63, 3.8) is 0 Å². The fraction of sp³-hybridized carbons (Fsp3) is 0.533. The van der Waals surface area contributed by atoms with Gasteiger partial charge >= 0.3 is 0 Å². The van der Waals surface area contributed by atoms with Crippen LogP contribution in [0.25, 0.3) is 11.0 Å². The second-order valence-corrected chi connectivity index (χ2v) is 6.80. The van der Waals surface area contributed by atoms with Gasteiger partial charge < -0.3 is 9.55 Å². The van der Waals surface area contributed by atoms with Crippen molar-refractivity contribution in [1.82, 2.24) is 9.55 Å². The van der Waals surface area contributed by atoms with Crippen LogP contribution in [-0.4, -0.2) is 9.55 Å². The summed E-state index contributed by atoms with van der Waals surface area (Å²) in [7, 11) is 0. The lowest BCUT2D eigenvalue weighted by Gasteiger charge is -2.33. The van der Waals surface area contributed by atoms with E-state index >= 15 is 0 Å². The summed E-state index contributed by atoms with van der Waals surface area (Å²) in [6, 6.07) is 3.49. The van der Waals surface area contributed by atoms with E-state index in [1.54, 1.807) is 6.07 Å². The zero-order chi connectivity index (χ0) is 14.4. The number of hydrogen-bond donors (Lipinski definition) is 1. The molecule has 0 amide bonds. The van der Waals surface area contributed by atoms with Gasteiger partial charge in [0.05, 0.1) is 16.1 Å². The van der Waals surface area contributed by atoms with Gasteiger partial charge in [-0.3, -0.25) is 0 Å². The maximum atomic E-state index is 13.5. The molecular weight excluding hydrogens is 295 g/mol. The third-order valence-corrected chi connectivity index (χ3v) is 5.28. The summed E-state index contributed by atoms with van der Waals surface area (Å²) >= 11 is 11.4. The molecule has 2 aromatic rings. The van der Waals surface area contributed by atoms with E-state index in [9.17, 15) is 4.39 Å². The highest BCUT2D eigenvalue weighted by molar-refractivity contribution is 7.71. The number of nitrogens with zero attached hydrogens (tertiary/aromatic N) is 1. The van der Waals surface area contributed by atoms with Crippen molar-refractivity contribution in [2.45, 2.75) is 39.2 Å². The molecule has 2 nitrogen and oxygen atoms in total. The van der Waals surface area contributed by atoms with Crippen molar-refractivity contribution in [2.75, 3.05) is 0 Å². The minimum atomic E-state index is -0.409. The van der Waals surface area contributed by atoms with E-state index < -0.39 is 5.82 Å². The Hall–Kier alpha value is -0.870. The lowest BCUT2D eigenvalue weighted by molar-refractivity contribution is 0.212. The van der Waals surface area contributed by atoms with E-state index in [2.05, 4.69) is 23.4 Å². The predicted molar refractivity (Wildman–Crippen MR) is 83.3 cm³/mol. The number of H-pyrrole nitrogens is 1. The second-order valence-electron chi connectivity index (χ2n) is 6.01. The molecule has 1 heterocycles. The van der Waals surface area contributed by atoms with E-state index in [1.807, 2.05) is 0 Å². The summed E-state index contributed by atoms with van der Waals surface area (Å²) in [5.41, 5.74) is 1.64. The fourth-order valence-corrected chi connectivity index (χ4v) is 3.75. The first-order valence-electron chi connectivity index (χ1n) is 7.06. The van der Waals surface area contributed by atoms with Crippen LogP contribution < -0.4 is 0 Å². The lowest BCUT2D eigenvalue weighted by atomic mass is 9.79. The van der Waals surface area contributed by atoms with E-state index in [4.69, 9.17) is 23.8 Å². The number of hydrogen-bond acceptors (Lipinski definition) is 1. The molecule has 0 spiro atoms. The highest BCUT2D eigenvalue weighted by atomic mass is 35.5. The summed E-state index contributed by atoms with van der Waals surface area (Å²) < 4.78 is 16.3. The maximum absolute atomic E-state index is 13.5. The highest BCUT2D eigenvalue weighted by Crippen LogP contribution is 2.38. The molecule has 1 aromatic carbocycles. The smallest absolute Gasteiger partial charge is 0.178 e. The van der Waals surface area contributed by atoms with Crippen LogP contribution in [-0.2, 0) is 0 Å². The molecule has 3 rings (SSSR count). The first-order valence-corrected chi connectivity index (χ1v) is 7.85. The molecule has 1 aromatic heterocycles. The minimum Gasteiger partial charge on any atom is -0.330 e. The Kier molecular flexibility index (Phi) is 3.63. The van der Waals surface area contributed by atoms with Crippen molar-refractivity contribution in [1.29, 1.82) is 0 Å². The van der Waals surface area contributed by atoms with Crippen molar-refractivity contribution >= 4 is 34.9 Å². The van der Waals surface area contributed by atoms with Gasteiger partial charge in [0.25, 0.3) is 0 Å². The Morgan fingerprint density at radius 3 is 2.75 bits per heavy atom. The molecule has 20 heavy (non-hydrogen) atoms. The van der Waals surface area contributed by atoms with Crippen LogP contribution in [0.2, 0.25) is 5.02 Å². The number of fused-ring (bicyclic) bond motifs is 1. The number of aromatic nitrogens is 2. The number of halogens is 2. The first-order chi connectivity index (χ1) is 9.47. The quantitative estimate of drug-likeness (QED) is 0.691. The topological polar surface area (TPSA) is 20.7 Å². The average molecular weight is 313 g/mol. The van der Waals surface area contributed by atoms with Crippen LogP contribution in [0.15, 0.2) is 12.1 Å². The summed E-state index contributed by atoms with van der Waals surface area (Å²) in [6.07, 6.45) is 3.42. The van der Waals surface area contributed by atoms with E-state index in [0.717, 1.165) is 29.8 Å². The summed E-state index contributed by atoms with van der Waals surface area (Å²) in [4.78, 5) is 3.10. The Morgan fingerprint density at radius 1 is 1.30 bits per heavy atom. The van der Waals surface area contributed by atoms with Gasteiger partial charge in [-0.25, -0.2) is 4.39 Å². The van der Waals surface area contributed by atoms with Crippen molar-refractivity contribution < 1.29 is 4.39 Å². The third kappa shape index (κ3) is 2.29. The van der Waals surface area contributed by atoms with Gasteiger partial charge in [-0.1, -0.05) is 25.4 Å². The molecule has 1 aliphatic carbocycles. The standard InChI is InChI=1S/C15H18ClFN2S/c1-8-3-4-10(5-9(8)2)19-14-6-11(16)12(17)7-13(14)18-15(19)20/h6-10H,3-5H2,1-2H3,(H,18,20). The first kappa shape index (κ1) is 14.1. The van der Waals surface area contributed by atoms with Crippen LogP contribution in [0, 0.1) is 22.4 Å². The molecule has 0 saturated heterocycles. The normalized spacial score (nSPS) is 27.1. The average Bonchev–Trinajstić information content (AvgIpc) is 2.69. The fourth-order valence-electron chi connectivity index (χ4n) is 3.24. The molecule has 1 saturated carbocycles. The predicted octanol–water partition coefficient (Wildman–Crippen LogP) is 5.49. The summed E-state index contributed by atoms with van der Waals surface area (Å²) in [5.74, 6) is 1.02. The minimum absolute atomic E-state index is 0.150. The summed E-state index contributed by atoms with van der Waals surface area (Å²) in [6.45, 7) is 4.60. The zero-order valence-corrected chi connectivity index (χ0v) is 13.2. The molecule has 3 atom stereocenters. The van der Waals surface area contributed by atoms with Crippen LogP contribution in [0.1, 0.15) is 39.2 Å². The SMILES string of the molecule is CC1CCC(n2c(=S)[nH]c3cc(F)c(Cl)cc32)CC1C. The number of aromatic amines is 1. The maximum Gasteiger partial charge on any atom is 0.178 e. The van der Waals surface area contributed by atoms with Gasteiger partial charge in [-0.2, -0.15) is 0 Å². The van der Waals surface area contributed by atoms with Crippen molar-refractivity contribution in [3.05, 3.63) is 27.7 Å². The molecule has 108 valence electrons. The van der Waals surface area contributed by atoms with E-state index in [0.29, 0.717) is 16.7 Å². The van der Waals surface area contributed by atoms with Crippen molar-refractivity contribution in [2.24, 2.45) is 11.8 Å². The van der Waals surface area contributed by atoms with Gasteiger partial charge in [0, 0.05) is 12.1 Å². The molecule has 0 aliphatic heterocycles. The Bertz CT molecular complexity index is 706. The van der Waals surface area contributed by atoms with Gasteiger partial charge in [0.2, 0.25) is 0 Å². The van der Waals surface area contributed by atoms with Crippen LogP contribution >= 0.6 is 23.8 Å². The Balaban J connectivity index is 2.09. The molecule has 5 heteroatoms. The number of benzene rings is 1. The van der Waals surface area contributed by atoms with Crippen LogP contribution in [0.5, 0.6) is 0 Å². The van der Waals surface area contributed by atoms with Gasteiger partial charge in [0.15, 0.2) is 4.77 Å². The zero-order valence-electron chi connectivity index (χ0n) is 11.6. The lowest BCUT2D eigenvalue weighted by Crippen LogP contribution is -2.23. The van der Waals surface area contributed by atoms with Gasteiger partial charge in [-0.15, -0.1) is 0 Å². The largest absolute Gasteiger partial charge is 0.330 e.